The van der Waals surface area contributed by atoms with Crippen molar-refractivity contribution in [2.75, 3.05) is 0 Å². The highest BCUT2D eigenvalue weighted by atomic mass is 35.5. The molecule has 3 heterocycles. The minimum absolute atomic E-state index is 0.415. The third-order valence-corrected chi connectivity index (χ3v) is 7.25. The first kappa shape index (κ1) is 20.2. The third kappa shape index (κ3) is 2.43. The lowest BCUT2D eigenvalue weighted by Crippen LogP contribution is -2.51. The molecule has 0 atom stereocenters. The Kier molecular flexibility index (Phi) is 4.29. The zero-order valence-corrected chi connectivity index (χ0v) is 19.0. The summed E-state index contributed by atoms with van der Waals surface area (Å²) in [5.41, 5.74) is 9.90. The molecule has 4 rings (SSSR count). The van der Waals surface area contributed by atoms with Crippen LogP contribution >= 0.6 is 11.6 Å². The van der Waals surface area contributed by atoms with E-state index in [2.05, 4.69) is 32.9 Å². The molecular formula is C23H26BClF2N2. The molecule has 29 heavy (non-hydrogen) atoms. The maximum absolute atomic E-state index is 16.0. The van der Waals surface area contributed by atoms with Crippen LogP contribution in [0.5, 0.6) is 0 Å². The maximum atomic E-state index is 16.0. The normalized spacial score (nSPS) is 18.0. The van der Waals surface area contributed by atoms with Gasteiger partial charge in [0.25, 0.3) is 0 Å². The molecule has 2 aliphatic heterocycles. The van der Waals surface area contributed by atoms with Gasteiger partial charge in [-0.3, -0.25) is 0 Å². The van der Waals surface area contributed by atoms with E-state index in [-0.39, 0.29) is 0 Å². The Labute approximate surface area is 176 Å². The number of hydrogen-bond acceptors (Lipinski definition) is 0. The molecule has 2 nitrogen and oxygen atoms in total. The second-order valence-electron chi connectivity index (χ2n) is 8.53. The van der Waals surface area contributed by atoms with Crippen LogP contribution < -0.4 is 0 Å². The van der Waals surface area contributed by atoms with Crippen LogP contribution in [0.25, 0.3) is 5.57 Å². The molecule has 152 valence electrons. The Bertz CT molecular complexity index is 1190. The first-order valence-corrected chi connectivity index (χ1v) is 10.3. The van der Waals surface area contributed by atoms with Crippen molar-refractivity contribution in [3.63, 3.8) is 0 Å². The highest BCUT2D eigenvalue weighted by Crippen LogP contribution is 2.48. The number of allylic oxidation sites excluding steroid dienone is 2. The van der Waals surface area contributed by atoms with E-state index in [1.54, 1.807) is 13.8 Å². The van der Waals surface area contributed by atoms with Crippen LogP contribution in [0.2, 0.25) is 5.02 Å². The van der Waals surface area contributed by atoms with Gasteiger partial charge in [-0.05, 0) is 70.7 Å². The van der Waals surface area contributed by atoms with Crippen molar-refractivity contribution >= 4 is 29.9 Å². The molecule has 0 amide bonds. The van der Waals surface area contributed by atoms with Crippen molar-refractivity contribution in [3.8, 4) is 0 Å². The summed E-state index contributed by atoms with van der Waals surface area (Å²) in [6.07, 6.45) is 0. The number of rotatable bonds is 1. The smallest absolute Gasteiger partial charge is 0.392 e. The second-order valence-corrected chi connectivity index (χ2v) is 8.91. The maximum Gasteiger partial charge on any atom is 0.737 e. The third-order valence-electron chi connectivity index (χ3n) is 6.69. The molecule has 1 aromatic carbocycles. The first-order valence-electron chi connectivity index (χ1n) is 9.94. The van der Waals surface area contributed by atoms with Crippen molar-refractivity contribution in [1.29, 1.82) is 0 Å². The Morgan fingerprint density at radius 1 is 0.897 bits per heavy atom. The summed E-state index contributed by atoms with van der Waals surface area (Å²) in [6, 6.07) is 4.24. The van der Waals surface area contributed by atoms with Gasteiger partial charge in [-0.15, -0.1) is 0 Å². The van der Waals surface area contributed by atoms with Crippen LogP contribution in [0.1, 0.15) is 60.0 Å². The fourth-order valence-electron chi connectivity index (χ4n) is 5.24. The average molecular weight is 415 g/mol. The van der Waals surface area contributed by atoms with E-state index in [0.29, 0.717) is 33.4 Å². The fraction of sp³-hybridized carbons (Fsp3) is 0.348. The molecule has 0 aliphatic carbocycles. The largest absolute Gasteiger partial charge is 0.737 e. The number of hydrogen-bond donors (Lipinski definition) is 0. The van der Waals surface area contributed by atoms with Gasteiger partial charge in [-0.2, -0.15) is 0 Å². The molecule has 1 aromatic heterocycles. The molecule has 0 saturated carbocycles. The summed E-state index contributed by atoms with van der Waals surface area (Å²) in [4.78, 5) is 0. The van der Waals surface area contributed by atoms with Gasteiger partial charge >= 0.3 is 6.97 Å². The Morgan fingerprint density at radius 3 is 2.00 bits per heavy atom. The molecule has 6 heteroatoms. The topological polar surface area (TPSA) is 7.94 Å². The Balaban J connectivity index is 2.29. The van der Waals surface area contributed by atoms with E-state index < -0.39 is 6.97 Å². The standard InChI is InChI=1S/C23H26BClF2N2/c1-11-9-12(2)19(13(3)10-11)20-22-15(5)14(4)17(7)28(22)24(26,27)29-18(8)21(25)16(6)23(20)29/h9-10H,1-8H3. The quantitative estimate of drug-likeness (QED) is 0.470. The minimum Gasteiger partial charge on any atom is -0.392 e. The van der Waals surface area contributed by atoms with Crippen molar-refractivity contribution in [1.82, 2.24) is 4.48 Å². The SMILES string of the molecule is CC1=C(C)C(C)=[N+]2C1=C(c1c(C)cc(C)cc1C)c1c(C)c(Cl)c(C)n1[B-]2(F)F. The van der Waals surface area contributed by atoms with E-state index in [1.807, 2.05) is 20.8 Å². The summed E-state index contributed by atoms with van der Waals surface area (Å²) < 4.78 is 34.4. The molecule has 2 aromatic rings. The molecule has 0 N–H and O–H groups in total. The van der Waals surface area contributed by atoms with Crippen LogP contribution in [0.3, 0.4) is 0 Å². The molecule has 0 unspecified atom stereocenters. The van der Waals surface area contributed by atoms with E-state index in [1.165, 1.54) is 8.96 Å². The summed E-state index contributed by atoms with van der Waals surface area (Å²) in [6.45, 7) is 11.3. The van der Waals surface area contributed by atoms with Crippen molar-refractivity contribution in [2.45, 2.75) is 55.4 Å². The van der Waals surface area contributed by atoms with Crippen LogP contribution in [0.15, 0.2) is 29.0 Å². The number of aromatic nitrogens is 1. The Hall–Kier alpha value is -2.14. The number of benzene rings is 1. The lowest BCUT2D eigenvalue weighted by molar-refractivity contribution is -0.363. The molecule has 2 aliphatic rings. The van der Waals surface area contributed by atoms with Gasteiger partial charge in [0, 0.05) is 29.5 Å². The molecule has 0 spiro atoms. The predicted octanol–water partition coefficient (Wildman–Crippen LogP) is 6.50. The number of fused-ring (bicyclic) bond motifs is 2. The predicted molar refractivity (Wildman–Crippen MR) is 118 cm³/mol. The number of halogens is 3. The fourth-order valence-corrected chi connectivity index (χ4v) is 5.42. The van der Waals surface area contributed by atoms with Gasteiger partial charge in [0.1, 0.15) is 5.71 Å². The number of aryl methyl sites for hydroxylation is 3. The van der Waals surface area contributed by atoms with Gasteiger partial charge in [-0.25, -0.2) is 0 Å². The van der Waals surface area contributed by atoms with Crippen LogP contribution in [0.4, 0.5) is 8.63 Å². The van der Waals surface area contributed by atoms with Crippen molar-refractivity contribution in [2.24, 2.45) is 0 Å². The highest BCUT2D eigenvalue weighted by Gasteiger charge is 2.56. The summed E-state index contributed by atoms with van der Waals surface area (Å²) in [5, 5.41) is 0.416. The van der Waals surface area contributed by atoms with Crippen molar-refractivity contribution < 1.29 is 13.1 Å². The Morgan fingerprint density at radius 2 is 1.45 bits per heavy atom. The van der Waals surface area contributed by atoms with Gasteiger partial charge < -0.3 is 17.6 Å². The summed E-state index contributed by atoms with van der Waals surface area (Å²) in [5.74, 6) is 0. The number of nitrogens with zero attached hydrogens (tertiary/aromatic N) is 2. The van der Waals surface area contributed by atoms with Crippen LogP contribution in [-0.4, -0.2) is 21.6 Å². The van der Waals surface area contributed by atoms with Crippen molar-refractivity contribution in [3.05, 3.63) is 73.2 Å². The van der Waals surface area contributed by atoms with Gasteiger partial charge in [0.2, 0.25) is 0 Å². The van der Waals surface area contributed by atoms with Gasteiger partial charge in [0.05, 0.1) is 10.6 Å². The molecule has 0 saturated heterocycles. The monoisotopic (exact) mass is 414 g/mol. The minimum atomic E-state index is -4.04. The van der Waals surface area contributed by atoms with E-state index in [4.69, 9.17) is 11.6 Å². The summed E-state index contributed by atoms with van der Waals surface area (Å²) in [7, 11) is 0. The van der Waals surface area contributed by atoms with Crippen LogP contribution in [-0.2, 0) is 0 Å². The van der Waals surface area contributed by atoms with E-state index >= 15 is 8.63 Å². The zero-order valence-electron chi connectivity index (χ0n) is 18.3. The van der Waals surface area contributed by atoms with E-state index in [9.17, 15) is 0 Å². The lowest BCUT2D eigenvalue weighted by atomic mass is 9.81. The average Bonchev–Trinajstić information content (AvgIpc) is 2.98. The van der Waals surface area contributed by atoms with Gasteiger partial charge in [0.15, 0.2) is 5.70 Å². The van der Waals surface area contributed by atoms with E-state index in [0.717, 1.165) is 39.0 Å². The van der Waals surface area contributed by atoms with Gasteiger partial charge in [-0.1, -0.05) is 29.3 Å². The summed E-state index contributed by atoms with van der Waals surface area (Å²) >= 11 is 6.53. The zero-order chi connectivity index (χ0) is 21.6. The molecule has 0 radical (unpaired) electrons. The first-order chi connectivity index (χ1) is 13.4. The van der Waals surface area contributed by atoms with Crippen LogP contribution in [0, 0.1) is 34.6 Å². The molecular weight excluding hydrogens is 389 g/mol. The molecule has 0 fully saturated rings. The molecule has 0 bridgehead atoms. The second kappa shape index (κ2) is 6.18. The lowest BCUT2D eigenvalue weighted by Gasteiger charge is -2.34. The highest BCUT2D eigenvalue weighted by molar-refractivity contribution is 6.59.